The van der Waals surface area contributed by atoms with E-state index in [0.29, 0.717) is 43.2 Å². The quantitative estimate of drug-likeness (QED) is 0.424. The molecule has 0 spiro atoms. The van der Waals surface area contributed by atoms with Crippen LogP contribution in [0.15, 0.2) is 54.7 Å². The monoisotopic (exact) mass is 392 g/mol. The Bertz CT molecular complexity index is 977. The molecule has 0 fully saturated rings. The van der Waals surface area contributed by atoms with Crippen LogP contribution in [0.2, 0.25) is 0 Å². The minimum atomic E-state index is 0.105. The van der Waals surface area contributed by atoms with Gasteiger partial charge in [0.1, 0.15) is 5.82 Å². The Hall–Kier alpha value is -3.61. The summed E-state index contributed by atoms with van der Waals surface area (Å²) >= 11 is 0. The first-order chi connectivity index (χ1) is 14.1. The highest BCUT2D eigenvalue weighted by molar-refractivity contribution is 5.95. The summed E-state index contributed by atoms with van der Waals surface area (Å²) in [5, 5.41) is 0. The Morgan fingerprint density at radius 1 is 1.07 bits per heavy atom. The average Bonchev–Trinajstić information content (AvgIpc) is 2.74. The zero-order valence-electron chi connectivity index (χ0n) is 16.3. The molecule has 150 valence electrons. The number of ketones is 1. The van der Waals surface area contributed by atoms with Crippen molar-refractivity contribution in [2.45, 2.75) is 19.3 Å². The van der Waals surface area contributed by atoms with Gasteiger partial charge in [0.25, 0.3) is 0 Å². The van der Waals surface area contributed by atoms with E-state index in [1.807, 2.05) is 48.5 Å². The SMILES string of the molecule is COc1ccc(Cc2cnc(N)nc2N)cc1OCCCC(=O)c1ccccc1. The highest BCUT2D eigenvalue weighted by Gasteiger charge is 2.10. The van der Waals surface area contributed by atoms with E-state index >= 15 is 0 Å². The van der Waals surface area contributed by atoms with Crippen LogP contribution in [0.5, 0.6) is 11.5 Å². The largest absolute Gasteiger partial charge is 0.493 e. The molecule has 4 N–H and O–H groups in total. The van der Waals surface area contributed by atoms with Gasteiger partial charge in [-0.2, -0.15) is 4.98 Å². The summed E-state index contributed by atoms with van der Waals surface area (Å²) in [5.41, 5.74) is 13.9. The molecule has 0 aliphatic carbocycles. The lowest BCUT2D eigenvalue weighted by Crippen LogP contribution is -2.06. The first-order valence-electron chi connectivity index (χ1n) is 9.31. The lowest BCUT2D eigenvalue weighted by Gasteiger charge is -2.13. The van der Waals surface area contributed by atoms with E-state index < -0.39 is 0 Å². The van der Waals surface area contributed by atoms with E-state index in [1.165, 1.54) is 0 Å². The maximum atomic E-state index is 12.2. The van der Waals surface area contributed by atoms with Crippen molar-refractivity contribution in [3.05, 3.63) is 71.4 Å². The molecule has 2 aromatic carbocycles. The number of nitrogens with two attached hydrogens (primary N) is 2. The number of methoxy groups -OCH3 is 1. The number of carbonyl (C=O) groups is 1. The molecule has 7 heteroatoms. The molecule has 0 aliphatic heterocycles. The molecule has 0 bridgehead atoms. The average molecular weight is 392 g/mol. The summed E-state index contributed by atoms with van der Waals surface area (Å²) in [6.07, 6.45) is 3.20. The van der Waals surface area contributed by atoms with Gasteiger partial charge >= 0.3 is 0 Å². The first kappa shape index (κ1) is 20.1. The molecular formula is C22H24N4O3. The van der Waals surface area contributed by atoms with Crippen LogP contribution in [0.3, 0.4) is 0 Å². The van der Waals surface area contributed by atoms with E-state index in [4.69, 9.17) is 20.9 Å². The number of hydrogen-bond donors (Lipinski definition) is 2. The molecule has 0 radical (unpaired) electrons. The molecule has 0 amide bonds. The molecule has 29 heavy (non-hydrogen) atoms. The molecule has 3 rings (SSSR count). The second-order valence-corrected chi connectivity index (χ2v) is 6.54. The van der Waals surface area contributed by atoms with Gasteiger partial charge < -0.3 is 20.9 Å². The number of benzene rings is 2. The van der Waals surface area contributed by atoms with Crippen molar-refractivity contribution in [1.82, 2.24) is 9.97 Å². The van der Waals surface area contributed by atoms with Crippen molar-refractivity contribution < 1.29 is 14.3 Å². The van der Waals surface area contributed by atoms with Crippen molar-refractivity contribution in [2.24, 2.45) is 0 Å². The minimum absolute atomic E-state index is 0.105. The number of rotatable bonds is 9. The summed E-state index contributed by atoms with van der Waals surface area (Å²) in [6.45, 7) is 0.408. The molecule has 0 atom stereocenters. The van der Waals surface area contributed by atoms with Crippen LogP contribution >= 0.6 is 0 Å². The Kier molecular flexibility index (Phi) is 6.63. The van der Waals surface area contributed by atoms with Gasteiger partial charge in [-0.3, -0.25) is 4.79 Å². The van der Waals surface area contributed by atoms with E-state index in [-0.39, 0.29) is 11.7 Å². The molecule has 0 saturated heterocycles. The normalized spacial score (nSPS) is 10.5. The molecule has 1 heterocycles. The lowest BCUT2D eigenvalue weighted by molar-refractivity contribution is 0.0973. The standard InChI is InChI=1S/C22H24N4O3/c1-28-19-10-9-15(12-17-14-25-22(24)26-21(17)23)13-20(19)29-11-5-8-18(27)16-6-3-2-4-7-16/h2-4,6-7,9-10,13-14H,5,8,11-12H2,1H3,(H4,23,24,25,26). The van der Waals surface area contributed by atoms with Gasteiger partial charge in [-0.1, -0.05) is 36.4 Å². The van der Waals surface area contributed by atoms with Crippen LogP contribution in [0.1, 0.15) is 34.3 Å². The Morgan fingerprint density at radius 3 is 2.59 bits per heavy atom. The number of ether oxygens (including phenoxy) is 2. The third-order valence-corrected chi connectivity index (χ3v) is 4.44. The number of nitrogen functional groups attached to an aromatic ring is 2. The molecule has 1 aromatic heterocycles. The maximum Gasteiger partial charge on any atom is 0.221 e. The second-order valence-electron chi connectivity index (χ2n) is 6.54. The van der Waals surface area contributed by atoms with E-state index in [1.54, 1.807) is 13.3 Å². The predicted molar refractivity (Wildman–Crippen MR) is 112 cm³/mol. The second kappa shape index (κ2) is 9.54. The summed E-state index contributed by atoms with van der Waals surface area (Å²) < 4.78 is 11.3. The Balaban J connectivity index is 1.61. The fourth-order valence-corrected chi connectivity index (χ4v) is 2.92. The first-order valence-corrected chi connectivity index (χ1v) is 9.31. The van der Waals surface area contributed by atoms with Crippen LogP contribution < -0.4 is 20.9 Å². The number of aromatic nitrogens is 2. The maximum absolute atomic E-state index is 12.2. The van der Waals surface area contributed by atoms with Gasteiger partial charge in [0.05, 0.1) is 13.7 Å². The van der Waals surface area contributed by atoms with Gasteiger partial charge in [-0.15, -0.1) is 0 Å². The topological polar surface area (TPSA) is 113 Å². The van der Waals surface area contributed by atoms with Crippen molar-refractivity contribution in [2.75, 3.05) is 25.2 Å². The van der Waals surface area contributed by atoms with Crippen molar-refractivity contribution >= 4 is 17.5 Å². The number of anilines is 2. The lowest BCUT2D eigenvalue weighted by atomic mass is 10.1. The third kappa shape index (κ3) is 5.44. The fourth-order valence-electron chi connectivity index (χ4n) is 2.92. The van der Waals surface area contributed by atoms with Crippen LogP contribution in [-0.4, -0.2) is 29.5 Å². The van der Waals surface area contributed by atoms with E-state index in [2.05, 4.69) is 9.97 Å². The number of carbonyl (C=O) groups excluding carboxylic acids is 1. The van der Waals surface area contributed by atoms with Gasteiger partial charge in [0.15, 0.2) is 17.3 Å². The van der Waals surface area contributed by atoms with Gasteiger partial charge in [0, 0.05) is 30.2 Å². The summed E-state index contributed by atoms with van der Waals surface area (Å²) in [4.78, 5) is 20.2. The molecule has 0 unspecified atom stereocenters. The fraction of sp³-hybridized carbons (Fsp3) is 0.227. The van der Waals surface area contributed by atoms with Crippen LogP contribution in [0.25, 0.3) is 0 Å². The molecule has 3 aromatic rings. The van der Waals surface area contributed by atoms with Crippen molar-refractivity contribution in [3.8, 4) is 11.5 Å². The summed E-state index contributed by atoms with van der Waals surface area (Å²) in [7, 11) is 1.59. The Morgan fingerprint density at radius 2 is 1.86 bits per heavy atom. The minimum Gasteiger partial charge on any atom is -0.493 e. The highest BCUT2D eigenvalue weighted by Crippen LogP contribution is 2.29. The molecule has 7 nitrogen and oxygen atoms in total. The zero-order chi connectivity index (χ0) is 20.6. The van der Waals surface area contributed by atoms with Crippen LogP contribution in [-0.2, 0) is 6.42 Å². The van der Waals surface area contributed by atoms with Gasteiger partial charge in [-0.05, 0) is 24.1 Å². The summed E-state index contributed by atoms with van der Waals surface area (Å²) in [6, 6.07) is 14.9. The number of hydrogen-bond acceptors (Lipinski definition) is 7. The van der Waals surface area contributed by atoms with E-state index in [0.717, 1.165) is 16.7 Å². The molecular weight excluding hydrogens is 368 g/mol. The van der Waals surface area contributed by atoms with Crippen LogP contribution in [0.4, 0.5) is 11.8 Å². The summed E-state index contributed by atoms with van der Waals surface area (Å²) in [5.74, 6) is 1.86. The van der Waals surface area contributed by atoms with E-state index in [9.17, 15) is 4.79 Å². The Labute approximate surface area is 169 Å². The van der Waals surface area contributed by atoms with Crippen molar-refractivity contribution in [1.29, 1.82) is 0 Å². The molecule has 0 saturated carbocycles. The number of Topliss-reactive ketones (excluding diaryl/α,β-unsaturated/α-hetero) is 1. The van der Waals surface area contributed by atoms with Crippen molar-refractivity contribution in [3.63, 3.8) is 0 Å². The highest BCUT2D eigenvalue weighted by atomic mass is 16.5. The number of nitrogens with zero attached hydrogens (tertiary/aromatic N) is 2. The third-order valence-electron chi connectivity index (χ3n) is 4.44. The van der Waals surface area contributed by atoms with Gasteiger partial charge in [0.2, 0.25) is 5.95 Å². The zero-order valence-corrected chi connectivity index (χ0v) is 16.3. The van der Waals surface area contributed by atoms with Gasteiger partial charge in [-0.25, -0.2) is 4.98 Å². The smallest absolute Gasteiger partial charge is 0.221 e. The van der Waals surface area contributed by atoms with Crippen LogP contribution in [0, 0.1) is 0 Å². The molecule has 0 aliphatic rings. The predicted octanol–water partition coefficient (Wildman–Crippen LogP) is 3.28.